The number of aromatic nitrogens is 1. The van der Waals surface area contributed by atoms with E-state index in [-0.39, 0.29) is 6.04 Å². The summed E-state index contributed by atoms with van der Waals surface area (Å²) in [4.78, 5) is 4.17. The minimum atomic E-state index is 0.0293. The molecule has 0 aromatic carbocycles. The minimum Gasteiger partial charge on any atom is -0.477 e. The zero-order valence-electron chi connectivity index (χ0n) is 9.03. The van der Waals surface area contributed by atoms with Crippen LogP contribution in [0.4, 0.5) is 0 Å². The van der Waals surface area contributed by atoms with E-state index in [1.807, 2.05) is 19.1 Å². The second kappa shape index (κ2) is 4.96. The first kappa shape index (κ1) is 11.0. The first-order valence-corrected chi connectivity index (χ1v) is 4.94. The summed E-state index contributed by atoms with van der Waals surface area (Å²) in [5.41, 5.74) is 6.73. The Bertz CT molecular complexity index is 267. The summed E-state index contributed by atoms with van der Waals surface area (Å²) in [6, 6.07) is 3.84. The average molecular weight is 194 g/mol. The molecule has 0 unspecified atom stereocenters. The Morgan fingerprint density at radius 3 is 2.50 bits per heavy atom. The van der Waals surface area contributed by atoms with Gasteiger partial charge >= 0.3 is 0 Å². The van der Waals surface area contributed by atoms with E-state index in [0.29, 0.717) is 18.4 Å². The van der Waals surface area contributed by atoms with Crippen LogP contribution in [0.15, 0.2) is 18.3 Å². The summed E-state index contributed by atoms with van der Waals surface area (Å²) in [5.74, 6) is 1.19. The standard InChI is InChI=1S/C11H18N2O/c1-8(2)7-14-11-5-4-10(6-13-11)9(3)12/h4-6,8-9H,7,12H2,1-3H3/t9-/m1/s1. The number of hydrogen-bond donors (Lipinski definition) is 1. The molecule has 1 aromatic heterocycles. The Morgan fingerprint density at radius 1 is 1.36 bits per heavy atom. The molecule has 3 heteroatoms. The van der Waals surface area contributed by atoms with Gasteiger partial charge in [0.15, 0.2) is 0 Å². The second-order valence-corrected chi connectivity index (χ2v) is 3.92. The third-order valence-electron chi connectivity index (χ3n) is 1.85. The Morgan fingerprint density at radius 2 is 2.07 bits per heavy atom. The van der Waals surface area contributed by atoms with E-state index >= 15 is 0 Å². The normalized spacial score (nSPS) is 12.9. The summed E-state index contributed by atoms with van der Waals surface area (Å²) in [6.45, 7) is 6.85. The molecule has 0 bridgehead atoms. The first-order chi connectivity index (χ1) is 6.59. The van der Waals surface area contributed by atoms with Crippen molar-refractivity contribution in [3.05, 3.63) is 23.9 Å². The van der Waals surface area contributed by atoms with Crippen LogP contribution >= 0.6 is 0 Å². The lowest BCUT2D eigenvalue weighted by Crippen LogP contribution is -2.07. The molecule has 0 aliphatic heterocycles. The molecule has 1 atom stereocenters. The lowest BCUT2D eigenvalue weighted by molar-refractivity contribution is 0.261. The van der Waals surface area contributed by atoms with Gasteiger partial charge in [-0.1, -0.05) is 19.9 Å². The third kappa shape index (κ3) is 3.34. The minimum absolute atomic E-state index is 0.0293. The van der Waals surface area contributed by atoms with E-state index in [4.69, 9.17) is 10.5 Å². The molecule has 3 nitrogen and oxygen atoms in total. The summed E-state index contributed by atoms with van der Waals surface area (Å²) in [6.07, 6.45) is 1.76. The van der Waals surface area contributed by atoms with Crippen molar-refractivity contribution < 1.29 is 4.74 Å². The van der Waals surface area contributed by atoms with Gasteiger partial charge in [0.05, 0.1) is 6.61 Å². The zero-order valence-corrected chi connectivity index (χ0v) is 9.03. The molecular weight excluding hydrogens is 176 g/mol. The van der Waals surface area contributed by atoms with Crippen molar-refractivity contribution in [1.29, 1.82) is 0 Å². The highest BCUT2D eigenvalue weighted by atomic mass is 16.5. The molecule has 1 heterocycles. The SMILES string of the molecule is CC(C)COc1ccc([C@@H](C)N)cn1. The monoisotopic (exact) mass is 194 g/mol. The van der Waals surface area contributed by atoms with Crippen molar-refractivity contribution in [3.63, 3.8) is 0 Å². The van der Waals surface area contributed by atoms with Gasteiger partial charge in [-0.05, 0) is 18.4 Å². The van der Waals surface area contributed by atoms with E-state index in [9.17, 15) is 0 Å². The number of rotatable bonds is 4. The summed E-state index contributed by atoms with van der Waals surface area (Å²) < 4.78 is 5.45. The molecule has 0 spiro atoms. The second-order valence-electron chi connectivity index (χ2n) is 3.92. The van der Waals surface area contributed by atoms with Crippen LogP contribution in [0, 0.1) is 5.92 Å². The van der Waals surface area contributed by atoms with Crippen molar-refractivity contribution in [3.8, 4) is 5.88 Å². The van der Waals surface area contributed by atoms with Gasteiger partial charge in [0.25, 0.3) is 0 Å². The van der Waals surface area contributed by atoms with Crippen LogP contribution < -0.4 is 10.5 Å². The van der Waals surface area contributed by atoms with Crippen LogP contribution in [0.3, 0.4) is 0 Å². The molecule has 0 aliphatic rings. The largest absolute Gasteiger partial charge is 0.477 e. The van der Waals surface area contributed by atoms with Gasteiger partial charge in [0.1, 0.15) is 0 Å². The number of hydrogen-bond acceptors (Lipinski definition) is 3. The highest BCUT2D eigenvalue weighted by Crippen LogP contribution is 2.12. The van der Waals surface area contributed by atoms with Gasteiger partial charge in [-0.3, -0.25) is 0 Å². The maximum Gasteiger partial charge on any atom is 0.213 e. The van der Waals surface area contributed by atoms with Gasteiger partial charge in [-0.25, -0.2) is 4.98 Å². The van der Waals surface area contributed by atoms with Crippen molar-refractivity contribution in [2.24, 2.45) is 11.7 Å². The fourth-order valence-corrected chi connectivity index (χ4v) is 0.999. The van der Waals surface area contributed by atoms with E-state index < -0.39 is 0 Å². The van der Waals surface area contributed by atoms with Gasteiger partial charge in [-0.2, -0.15) is 0 Å². The van der Waals surface area contributed by atoms with E-state index in [1.165, 1.54) is 0 Å². The fourth-order valence-electron chi connectivity index (χ4n) is 0.999. The van der Waals surface area contributed by atoms with E-state index in [0.717, 1.165) is 5.56 Å². The van der Waals surface area contributed by atoms with Crippen LogP contribution in [0.25, 0.3) is 0 Å². The van der Waals surface area contributed by atoms with Gasteiger partial charge in [0, 0.05) is 18.3 Å². The molecule has 1 aromatic rings. The highest BCUT2D eigenvalue weighted by Gasteiger charge is 2.01. The molecule has 0 amide bonds. The predicted molar refractivity (Wildman–Crippen MR) is 57.2 cm³/mol. The maximum atomic E-state index is 5.71. The molecule has 14 heavy (non-hydrogen) atoms. The van der Waals surface area contributed by atoms with Crippen LogP contribution in [-0.2, 0) is 0 Å². The van der Waals surface area contributed by atoms with Gasteiger partial charge in [-0.15, -0.1) is 0 Å². The Kier molecular flexibility index (Phi) is 3.89. The van der Waals surface area contributed by atoms with E-state index in [2.05, 4.69) is 18.8 Å². The summed E-state index contributed by atoms with van der Waals surface area (Å²) in [7, 11) is 0. The molecule has 1 rings (SSSR count). The zero-order chi connectivity index (χ0) is 10.6. The molecule has 0 saturated heterocycles. The topological polar surface area (TPSA) is 48.1 Å². The van der Waals surface area contributed by atoms with Gasteiger partial charge < -0.3 is 10.5 Å². The molecule has 0 saturated carbocycles. The molecule has 78 valence electrons. The first-order valence-electron chi connectivity index (χ1n) is 4.94. The van der Waals surface area contributed by atoms with Gasteiger partial charge in [0.2, 0.25) is 5.88 Å². The van der Waals surface area contributed by atoms with E-state index in [1.54, 1.807) is 6.20 Å². The van der Waals surface area contributed by atoms with Crippen molar-refractivity contribution >= 4 is 0 Å². The number of ether oxygens (including phenoxy) is 1. The average Bonchev–Trinajstić information content (AvgIpc) is 2.15. The lowest BCUT2D eigenvalue weighted by Gasteiger charge is -2.09. The summed E-state index contributed by atoms with van der Waals surface area (Å²) in [5, 5.41) is 0. The van der Waals surface area contributed by atoms with Crippen LogP contribution in [0.5, 0.6) is 5.88 Å². The van der Waals surface area contributed by atoms with Crippen molar-refractivity contribution in [2.45, 2.75) is 26.8 Å². The van der Waals surface area contributed by atoms with Crippen molar-refractivity contribution in [1.82, 2.24) is 4.98 Å². The lowest BCUT2D eigenvalue weighted by atomic mass is 10.2. The Hall–Kier alpha value is -1.09. The molecule has 0 radical (unpaired) electrons. The molecular formula is C11H18N2O. The highest BCUT2D eigenvalue weighted by molar-refractivity contribution is 5.19. The summed E-state index contributed by atoms with van der Waals surface area (Å²) >= 11 is 0. The third-order valence-corrected chi connectivity index (χ3v) is 1.85. The van der Waals surface area contributed by atoms with Crippen LogP contribution in [0.2, 0.25) is 0 Å². The molecule has 0 aliphatic carbocycles. The molecule has 0 fully saturated rings. The molecule has 2 N–H and O–H groups in total. The fraction of sp³-hybridized carbons (Fsp3) is 0.545. The van der Waals surface area contributed by atoms with Crippen LogP contribution in [0.1, 0.15) is 32.4 Å². The number of pyridine rings is 1. The van der Waals surface area contributed by atoms with Crippen LogP contribution in [-0.4, -0.2) is 11.6 Å². The number of nitrogens with zero attached hydrogens (tertiary/aromatic N) is 1. The smallest absolute Gasteiger partial charge is 0.213 e. The Balaban J connectivity index is 2.55. The quantitative estimate of drug-likeness (QED) is 0.798. The van der Waals surface area contributed by atoms with Crippen molar-refractivity contribution in [2.75, 3.05) is 6.61 Å². The Labute approximate surface area is 85.3 Å². The predicted octanol–water partition coefficient (Wildman–Crippen LogP) is 2.14. The number of nitrogens with two attached hydrogens (primary N) is 1. The maximum absolute atomic E-state index is 5.71.